The van der Waals surface area contributed by atoms with Gasteiger partial charge < -0.3 is 10.1 Å². The number of hydrogen-bond acceptors (Lipinski definition) is 4. The Morgan fingerprint density at radius 1 is 1.40 bits per heavy atom. The van der Waals surface area contributed by atoms with E-state index in [1.165, 1.54) is 6.33 Å². The molecule has 0 radical (unpaired) electrons. The van der Waals surface area contributed by atoms with Crippen molar-refractivity contribution in [3.63, 3.8) is 0 Å². The van der Waals surface area contributed by atoms with Crippen molar-refractivity contribution in [2.75, 3.05) is 13.7 Å². The maximum absolute atomic E-state index is 11.7. The number of H-pyrrole nitrogens is 1. The highest BCUT2D eigenvalue weighted by atomic mass is 16.5. The molecule has 0 saturated heterocycles. The van der Waals surface area contributed by atoms with Crippen LogP contribution < -0.4 is 10.1 Å². The number of aryl methyl sites for hydroxylation is 1. The lowest BCUT2D eigenvalue weighted by atomic mass is 10.1. The Balaban J connectivity index is 1.69. The van der Waals surface area contributed by atoms with Crippen LogP contribution in [0.25, 0.3) is 0 Å². The number of methoxy groups -OCH3 is 1. The third-order valence-corrected chi connectivity index (χ3v) is 2.92. The highest BCUT2D eigenvalue weighted by molar-refractivity contribution is 5.76. The minimum absolute atomic E-state index is 0.0346. The first-order chi connectivity index (χ1) is 9.78. The van der Waals surface area contributed by atoms with Gasteiger partial charge >= 0.3 is 0 Å². The summed E-state index contributed by atoms with van der Waals surface area (Å²) in [7, 11) is 1.63. The summed E-state index contributed by atoms with van der Waals surface area (Å²) in [5.74, 6) is 1.62. The topological polar surface area (TPSA) is 79.9 Å². The minimum atomic E-state index is 0.0346. The number of amides is 1. The van der Waals surface area contributed by atoms with Crippen LogP contribution >= 0.6 is 0 Å². The van der Waals surface area contributed by atoms with Crippen LogP contribution in [0.3, 0.4) is 0 Å². The first kappa shape index (κ1) is 14.0. The Labute approximate surface area is 117 Å². The summed E-state index contributed by atoms with van der Waals surface area (Å²) in [6.07, 6.45) is 3.28. The molecule has 1 aromatic carbocycles. The van der Waals surface area contributed by atoms with Crippen molar-refractivity contribution in [3.05, 3.63) is 42.0 Å². The smallest absolute Gasteiger partial charge is 0.220 e. The molecule has 2 aromatic rings. The van der Waals surface area contributed by atoms with E-state index < -0.39 is 0 Å². The third kappa shape index (κ3) is 4.38. The lowest BCUT2D eigenvalue weighted by Gasteiger charge is -2.05. The Kier molecular flexibility index (Phi) is 5.11. The van der Waals surface area contributed by atoms with Crippen molar-refractivity contribution in [3.8, 4) is 5.75 Å². The molecule has 0 saturated carbocycles. The number of nitrogens with one attached hydrogen (secondary N) is 2. The Morgan fingerprint density at radius 2 is 2.30 bits per heavy atom. The number of hydrogen-bond donors (Lipinski definition) is 2. The first-order valence-corrected chi connectivity index (χ1v) is 6.52. The molecule has 0 atom stereocenters. The summed E-state index contributed by atoms with van der Waals surface area (Å²) in [5, 5.41) is 9.37. The summed E-state index contributed by atoms with van der Waals surface area (Å²) in [4.78, 5) is 15.7. The second-order valence-electron chi connectivity index (χ2n) is 4.38. The van der Waals surface area contributed by atoms with Gasteiger partial charge in [0.05, 0.1) is 7.11 Å². The van der Waals surface area contributed by atoms with Gasteiger partial charge in [0.2, 0.25) is 5.91 Å². The van der Waals surface area contributed by atoms with Gasteiger partial charge in [-0.1, -0.05) is 12.1 Å². The van der Waals surface area contributed by atoms with E-state index in [1.807, 2.05) is 24.3 Å². The zero-order valence-electron chi connectivity index (χ0n) is 11.4. The second kappa shape index (κ2) is 7.28. The molecule has 1 aromatic heterocycles. The van der Waals surface area contributed by atoms with Gasteiger partial charge in [0.1, 0.15) is 17.9 Å². The van der Waals surface area contributed by atoms with Crippen molar-refractivity contribution < 1.29 is 9.53 Å². The molecule has 0 fully saturated rings. The Bertz CT molecular complexity index is 540. The Hall–Kier alpha value is -2.37. The highest BCUT2D eigenvalue weighted by Gasteiger charge is 2.03. The third-order valence-electron chi connectivity index (χ3n) is 2.92. The van der Waals surface area contributed by atoms with Crippen LogP contribution in [0, 0.1) is 0 Å². The molecule has 0 aliphatic carbocycles. The van der Waals surface area contributed by atoms with E-state index in [4.69, 9.17) is 4.74 Å². The monoisotopic (exact) mass is 274 g/mol. The van der Waals surface area contributed by atoms with E-state index in [0.717, 1.165) is 17.1 Å². The first-order valence-electron chi connectivity index (χ1n) is 6.52. The number of carbonyl (C=O) groups excluding carboxylic acids is 1. The maximum Gasteiger partial charge on any atom is 0.220 e. The van der Waals surface area contributed by atoms with Crippen LogP contribution in [0.4, 0.5) is 0 Å². The van der Waals surface area contributed by atoms with Crippen molar-refractivity contribution in [1.82, 2.24) is 20.5 Å². The number of aromatic nitrogens is 3. The molecule has 0 bridgehead atoms. The van der Waals surface area contributed by atoms with E-state index >= 15 is 0 Å². The number of aromatic amines is 1. The molecular formula is C14H18N4O2. The minimum Gasteiger partial charge on any atom is -0.497 e. The molecule has 0 aliphatic rings. The predicted molar refractivity (Wildman–Crippen MR) is 74.4 cm³/mol. The van der Waals surface area contributed by atoms with Gasteiger partial charge in [-0.3, -0.25) is 9.89 Å². The van der Waals surface area contributed by atoms with Crippen LogP contribution in [0.15, 0.2) is 30.6 Å². The van der Waals surface area contributed by atoms with Gasteiger partial charge in [-0.25, -0.2) is 4.98 Å². The summed E-state index contributed by atoms with van der Waals surface area (Å²) >= 11 is 0. The quantitative estimate of drug-likeness (QED) is 0.792. The molecule has 2 N–H and O–H groups in total. The summed E-state index contributed by atoms with van der Waals surface area (Å²) in [6.45, 7) is 0.562. The standard InChI is InChI=1S/C14H18N4O2/c1-20-12-4-2-3-11(9-12)5-6-14(19)15-8-7-13-16-10-17-18-13/h2-4,9-10H,5-8H2,1H3,(H,15,19)(H,16,17,18). The van der Waals surface area contributed by atoms with Crippen molar-refractivity contribution in [1.29, 1.82) is 0 Å². The SMILES string of the molecule is COc1cccc(CCC(=O)NCCc2ncn[nH]2)c1. The largest absolute Gasteiger partial charge is 0.497 e. The molecule has 0 aliphatic heterocycles. The number of ether oxygens (including phenoxy) is 1. The fraction of sp³-hybridized carbons (Fsp3) is 0.357. The van der Waals surface area contributed by atoms with Crippen LogP contribution in [0.1, 0.15) is 17.8 Å². The van der Waals surface area contributed by atoms with Gasteiger partial charge in [0.25, 0.3) is 0 Å². The molecular weight excluding hydrogens is 256 g/mol. The second-order valence-corrected chi connectivity index (χ2v) is 4.38. The van der Waals surface area contributed by atoms with Crippen LogP contribution in [-0.4, -0.2) is 34.7 Å². The molecule has 2 rings (SSSR count). The normalized spacial score (nSPS) is 10.2. The molecule has 1 heterocycles. The molecule has 0 spiro atoms. The van der Waals surface area contributed by atoms with E-state index in [9.17, 15) is 4.79 Å². The molecule has 0 unspecified atom stereocenters. The van der Waals surface area contributed by atoms with Crippen molar-refractivity contribution >= 4 is 5.91 Å². The van der Waals surface area contributed by atoms with Crippen LogP contribution in [-0.2, 0) is 17.6 Å². The van der Waals surface area contributed by atoms with Gasteiger partial charge in [0.15, 0.2) is 0 Å². The fourth-order valence-electron chi connectivity index (χ4n) is 1.85. The van der Waals surface area contributed by atoms with E-state index in [1.54, 1.807) is 7.11 Å². The van der Waals surface area contributed by atoms with Gasteiger partial charge in [-0.15, -0.1) is 0 Å². The predicted octanol–water partition coefficient (Wildman–Crippen LogP) is 1.10. The zero-order valence-corrected chi connectivity index (χ0v) is 11.4. The molecule has 20 heavy (non-hydrogen) atoms. The van der Waals surface area contributed by atoms with Crippen LogP contribution in [0.5, 0.6) is 5.75 Å². The van der Waals surface area contributed by atoms with E-state index in [-0.39, 0.29) is 5.91 Å². The maximum atomic E-state index is 11.7. The molecule has 6 nitrogen and oxygen atoms in total. The van der Waals surface area contributed by atoms with Gasteiger partial charge in [0, 0.05) is 19.4 Å². The lowest BCUT2D eigenvalue weighted by molar-refractivity contribution is -0.121. The number of rotatable bonds is 7. The van der Waals surface area contributed by atoms with E-state index in [0.29, 0.717) is 25.8 Å². The van der Waals surface area contributed by atoms with Gasteiger partial charge in [-0.2, -0.15) is 5.10 Å². The average Bonchev–Trinajstić information content (AvgIpc) is 2.98. The number of carbonyl (C=O) groups is 1. The Morgan fingerprint density at radius 3 is 3.05 bits per heavy atom. The summed E-state index contributed by atoms with van der Waals surface area (Å²) in [5.41, 5.74) is 1.09. The fourth-order valence-corrected chi connectivity index (χ4v) is 1.85. The zero-order chi connectivity index (χ0) is 14.2. The number of benzene rings is 1. The summed E-state index contributed by atoms with van der Waals surface area (Å²) < 4.78 is 5.15. The lowest BCUT2D eigenvalue weighted by Crippen LogP contribution is -2.26. The summed E-state index contributed by atoms with van der Waals surface area (Å²) in [6, 6.07) is 7.75. The molecule has 1 amide bonds. The van der Waals surface area contributed by atoms with Crippen molar-refractivity contribution in [2.45, 2.75) is 19.3 Å². The number of nitrogens with zero attached hydrogens (tertiary/aromatic N) is 2. The molecule has 6 heteroatoms. The van der Waals surface area contributed by atoms with Gasteiger partial charge in [-0.05, 0) is 24.1 Å². The van der Waals surface area contributed by atoms with E-state index in [2.05, 4.69) is 20.5 Å². The van der Waals surface area contributed by atoms with Crippen LogP contribution in [0.2, 0.25) is 0 Å². The average molecular weight is 274 g/mol. The molecule has 106 valence electrons. The van der Waals surface area contributed by atoms with Crippen molar-refractivity contribution in [2.24, 2.45) is 0 Å². The highest BCUT2D eigenvalue weighted by Crippen LogP contribution is 2.13.